The Kier molecular flexibility index (Phi) is 7.67. The Bertz CT molecular complexity index is 313. The highest BCUT2D eigenvalue weighted by atomic mass is 16.2. The second kappa shape index (κ2) is 8.74. The first-order valence-electron chi connectivity index (χ1n) is 8.74. The maximum atomic E-state index is 13.0. The van der Waals surface area contributed by atoms with Gasteiger partial charge in [0.15, 0.2) is 0 Å². The molecule has 0 saturated carbocycles. The van der Waals surface area contributed by atoms with Crippen LogP contribution in [0, 0.1) is 5.41 Å². The van der Waals surface area contributed by atoms with Gasteiger partial charge in [0.05, 0.1) is 5.41 Å². The molecule has 0 bridgehead atoms. The molecule has 4 nitrogen and oxygen atoms in total. The molecule has 0 aliphatic carbocycles. The zero-order valence-corrected chi connectivity index (χ0v) is 14.5. The van der Waals surface area contributed by atoms with Gasteiger partial charge in [-0.1, -0.05) is 33.6 Å². The fraction of sp³-hybridized carbons (Fsp3) is 0.941. The Morgan fingerprint density at radius 3 is 2.38 bits per heavy atom. The van der Waals surface area contributed by atoms with Crippen molar-refractivity contribution in [2.45, 2.75) is 65.3 Å². The van der Waals surface area contributed by atoms with Gasteiger partial charge in [0.2, 0.25) is 5.91 Å². The number of carbonyl (C=O) groups excluding carboxylic acids is 1. The van der Waals surface area contributed by atoms with Crippen molar-refractivity contribution in [2.75, 3.05) is 33.2 Å². The van der Waals surface area contributed by atoms with E-state index in [1.54, 1.807) is 0 Å². The van der Waals surface area contributed by atoms with Gasteiger partial charge >= 0.3 is 0 Å². The van der Waals surface area contributed by atoms with Crippen molar-refractivity contribution in [3.05, 3.63) is 0 Å². The smallest absolute Gasteiger partial charge is 0.229 e. The van der Waals surface area contributed by atoms with Crippen LogP contribution in [-0.4, -0.2) is 55.0 Å². The molecule has 1 heterocycles. The van der Waals surface area contributed by atoms with Crippen molar-refractivity contribution in [3.63, 3.8) is 0 Å². The largest absolute Gasteiger partial charge is 0.344 e. The van der Waals surface area contributed by atoms with E-state index in [4.69, 9.17) is 5.73 Å². The van der Waals surface area contributed by atoms with Crippen LogP contribution in [0.15, 0.2) is 0 Å². The third-order valence-corrected chi connectivity index (χ3v) is 5.04. The monoisotopic (exact) mass is 297 g/mol. The third-order valence-electron chi connectivity index (χ3n) is 5.04. The van der Waals surface area contributed by atoms with Crippen molar-refractivity contribution in [1.29, 1.82) is 0 Å². The molecule has 4 heteroatoms. The first-order valence-corrected chi connectivity index (χ1v) is 8.74. The van der Waals surface area contributed by atoms with E-state index in [0.717, 1.165) is 38.8 Å². The third kappa shape index (κ3) is 4.43. The minimum Gasteiger partial charge on any atom is -0.344 e. The molecule has 1 aliphatic rings. The Morgan fingerprint density at radius 2 is 1.90 bits per heavy atom. The number of carbonyl (C=O) groups is 1. The molecule has 21 heavy (non-hydrogen) atoms. The first kappa shape index (κ1) is 18.4. The molecular formula is C17H35N3O. The van der Waals surface area contributed by atoms with Crippen LogP contribution in [0.2, 0.25) is 0 Å². The van der Waals surface area contributed by atoms with Crippen molar-refractivity contribution in [1.82, 2.24) is 9.80 Å². The van der Waals surface area contributed by atoms with Crippen LogP contribution >= 0.6 is 0 Å². The number of nitrogens with zero attached hydrogens (tertiary/aromatic N) is 2. The summed E-state index contributed by atoms with van der Waals surface area (Å²) in [4.78, 5) is 17.4. The molecule has 0 spiro atoms. The molecule has 1 rings (SSSR count). The van der Waals surface area contributed by atoms with Gasteiger partial charge in [-0.15, -0.1) is 0 Å². The van der Waals surface area contributed by atoms with Crippen LogP contribution < -0.4 is 5.73 Å². The lowest BCUT2D eigenvalue weighted by atomic mass is 9.78. The number of nitrogens with two attached hydrogens (primary N) is 1. The van der Waals surface area contributed by atoms with Crippen LogP contribution in [0.4, 0.5) is 0 Å². The average molecular weight is 297 g/mol. The van der Waals surface area contributed by atoms with E-state index in [2.05, 4.69) is 25.7 Å². The molecule has 1 amide bonds. The van der Waals surface area contributed by atoms with E-state index in [-0.39, 0.29) is 11.3 Å². The van der Waals surface area contributed by atoms with E-state index >= 15 is 0 Å². The summed E-state index contributed by atoms with van der Waals surface area (Å²) < 4.78 is 0. The molecule has 1 atom stereocenters. The molecule has 124 valence electrons. The summed E-state index contributed by atoms with van der Waals surface area (Å²) >= 11 is 0. The molecule has 0 aromatic carbocycles. The molecular weight excluding hydrogens is 262 g/mol. The minimum atomic E-state index is -0.339. The van der Waals surface area contributed by atoms with Crippen molar-refractivity contribution in [2.24, 2.45) is 11.1 Å². The predicted molar refractivity (Wildman–Crippen MR) is 89.2 cm³/mol. The predicted octanol–water partition coefficient (Wildman–Crippen LogP) is 2.47. The van der Waals surface area contributed by atoms with Crippen molar-refractivity contribution >= 4 is 5.91 Å². The summed E-state index contributed by atoms with van der Waals surface area (Å²) in [7, 11) is 1.96. The van der Waals surface area contributed by atoms with Gasteiger partial charge in [-0.2, -0.15) is 0 Å². The topological polar surface area (TPSA) is 49.6 Å². The standard InChI is InChI=1S/C17H35N3O/c1-5-10-17(14-18,11-6-2)16(21)19(4)13-15-9-8-12-20(15)7-3/h15H,5-14,18H2,1-4H3. The molecule has 2 N–H and O–H groups in total. The summed E-state index contributed by atoms with van der Waals surface area (Å²) in [6.45, 7) is 10.1. The summed E-state index contributed by atoms with van der Waals surface area (Å²) in [5.41, 5.74) is 5.68. The molecule has 1 saturated heterocycles. The van der Waals surface area contributed by atoms with E-state index < -0.39 is 0 Å². The number of hydrogen-bond donors (Lipinski definition) is 1. The van der Waals surface area contributed by atoms with Crippen LogP contribution in [-0.2, 0) is 4.79 Å². The SMILES string of the molecule is CCCC(CN)(CCC)C(=O)N(C)CC1CCCN1CC. The van der Waals surface area contributed by atoms with Gasteiger partial charge in [-0.05, 0) is 38.8 Å². The number of amides is 1. The van der Waals surface area contributed by atoms with Crippen molar-refractivity contribution in [3.8, 4) is 0 Å². The summed E-state index contributed by atoms with van der Waals surface area (Å²) in [6.07, 6.45) is 6.31. The highest BCUT2D eigenvalue weighted by Crippen LogP contribution is 2.31. The van der Waals surface area contributed by atoms with E-state index in [1.165, 1.54) is 19.4 Å². The van der Waals surface area contributed by atoms with Crippen LogP contribution in [0.1, 0.15) is 59.3 Å². The zero-order chi connectivity index (χ0) is 15.9. The molecule has 1 fully saturated rings. The highest BCUT2D eigenvalue weighted by Gasteiger charge is 2.38. The normalized spacial score (nSPS) is 20.0. The van der Waals surface area contributed by atoms with Gasteiger partial charge in [-0.25, -0.2) is 0 Å². The fourth-order valence-corrected chi connectivity index (χ4v) is 3.91. The lowest BCUT2D eigenvalue weighted by molar-refractivity contribution is -0.142. The molecule has 1 unspecified atom stereocenters. The van der Waals surface area contributed by atoms with Crippen LogP contribution in [0.5, 0.6) is 0 Å². The Labute approximate surface area is 131 Å². The first-order chi connectivity index (χ1) is 10.0. The van der Waals surface area contributed by atoms with E-state index in [0.29, 0.717) is 12.6 Å². The maximum Gasteiger partial charge on any atom is 0.229 e. The van der Waals surface area contributed by atoms with Crippen molar-refractivity contribution < 1.29 is 4.79 Å². The maximum absolute atomic E-state index is 13.0. The molecule has 1 aliphatic heterocycles. The number of rotatable bonds is 9. The van der Waals surface area contributed by atoms with Gasteiger partial charge in [0.25, 0.3) is 0 Å². The van der Waals surface area contributed by atoms with E-state index in [9.17, 15) is 4.79 Å². The fourth-order valence-electron chi connectivity index (χ4n) is 3.91. The Balaban J connectivity index is 2.73. The average Bonchev–Trinajstić information content (AvgIpc) is 2.93. The Hall–Kier alpha value is -0.610. The second-order valence-electron chi connectivity index (χ2n) is 6.59. The quantitative estimate of drug-likeness (QED) is 0.711. The van der Waals surface area contributed by atoms with Gasteiger partial charge < -0.3 is 10.6 Å². The minimum absolute atomic E-state index is 0.261. The second-order valence-corrected chi connectivity index (χ2v) is 6.59. The van der Waals surface area contributed by atoms with Gasteiger partial charge in [0.1, 0.15) is 0 Å². The van der Waals surface area contributed by atoms with Crippen LogP contribution in [0.25, 0.3) is 0 Å². The van der Waals surface area contributed by atoms with Crippen LogP contribution in [0.3, 0.4) is 0 Å². The summed E-state index contributed by atoms with van der Waals surface area (Å²) in [5, 5.41) is 0. The number of hydrogen-bond acceptors (Lipinski definition) is 3. The highest BCUT2D eigenvalue weighted by molar-refractivity contribution is 5.82. The van der Waals surface area contributed by atoms with Gasteiger partial charge in [0, 0.05) is 26.2 Å². The van der Waals surface area contributed by atoms with E-state index in [1.807, 2.05) is 11.9 Å². The zero-order valence-electron chi connectivity index (χ0n) is 14.5. The Morgan fingerprint density at radius 1 is 1.29 bits per heavy atom. The number of likely N-dealkylation sites (tertiary alicyclic amines) is 1. The molecule has 0 aromatic heterocycles. The molecule has 0 radical (unpaired) electrons. The molecule has 0 aromatic rings. The number of likely N-dealkylation sites (N-methyl/N-ethyl adjacent to an activating group) is 2. The summed E-state index contributed by atoms with van der Waals surface area (Å²) in [5.74, 6) is 0.261. The lowest BCUT2D eigenvalue weighted by Crippen LogP contribution is -2.50. The van der Waals surface area contributed by atoms with Gasteiger partial charge in [-0.3, -0.25) is 9.69 Å². The summed E-state index contributed by atoms with van der Waals surface area (Å²) in [6, 6.07) is 0.530. The lowest BCUT2D eigenvalue weighted by Gasteiger charge is -2.37.